The average Bonchev–Trinajstić information content (AvgIpc) is 3.66. The molecule has 2 aromatic carbocycles. The molecule has 8 nitrogen and oxygen atoms in total. The van der Waals surface area contributed by atoms with Crippen LogP contribution >= 0.6 is 46.7 Å². The number of hydrogen-bond acceptors (Lipinski definition) is 9. The van der Waals surface area contributed by atoms with Gasteiger partial charge in [0.15, 0.2) is 14.0 Å². The number of nitrogens with zero attached hydrogens (tertiary/aromatic N) is 3. The molecule has 0 fully saturated rings. The van der Waals surface area contributed by atoms with E-state index in [4.69, 9.17) is 21.9 Å². The van der Waals surface area contributed by atoms with Crippen molar-refractivity contribution in [1.29, 1.82) is 0 Å². The fourth-order valence-corrected chi connectivity index (χ4v) is 8.26. The van der Waals surface area contributed by atoms with E-state index in [1.54, 1.807) is 27.4 Å². The fourth-order valence-electron chi connectivity index (χ4n) is 4.86. The van der Waals surface area contributed by atoms with Crippen LogP contribution in [0.4, 0.5) is 5.82 Å². The van der Waals surface area contributed by atoms with Gasteiger partial charge >= 0.3 is 5.97 Å². The molecule has 0 saturated heterocycles. The van der Waals surface area contributed by atoms with Crippen molar-refractivity contribution in [2.24, 2.45) is 0 Å². The molecule has 3 aromatic heterocycles. The molecule has 1 aliphatic rings. The number of aromatic nitrogens is 3. The summed E-state index contributed by atoms with van der Waals surface area (Å²) in [7, 11) is 0. The summed E-state index contributed by atoms with van der Waals surface area (Å²) in [5.74, 6) is -0.721. The van der Waals surface area contributed by atoms with Crippen molar-refractivity contribution in [3.05, 3.63) is 90.3 Å². The zero-order valence-corrected chi connectivity index (χ0v) is 25.2. The Bertz CT molecular complexity index is 1890. The van der Waals surface area contributed by atoms with Crippen LogP contribution in [0.1, 0.15) is 33.5 Å². The highest BCUT2D eigenvalue weighted by Crippen LogP contribution is 2.36. The molecule has 3 heterocycles. The van der Waals surface area contributed by atoms with Gasteiger partial charge in [-0.05, 0) is 68.2 Å². The summed E-state index contributed by atoms with van der Waals surface area (Å²) in [4.78, 5) is 47.0. The summed E-state index contributed by atoms with van der Waals surface area (Å²) in [6.45, 7) is 1.91. The number of thiophene rings is 1. The predicted octanol–water partition coefficient (Wildman–Crippen LogP) is 6.43. The molecule has 0 unspecified atom stereocenters. The van der Waals surface area contributed by atoms with Crippen LogP contribution in [0.3, 0.4) is 0 Å². The third kappa shape index (κ3) is 5.28. The number of anilines is 1. The molecule has 1 aliphatic carbocycles. The third-order valence-corrected chi connectivity index (χ3v) is 10.1. The van der Waals surface area contributed by atoms with E-state index in [2.05, 4.69) is 5.32 Å². The number of esters is 1. The fraction of sp³-hybridized carbons (Fsp3) is 0.207. The Labute approximate surface area is 252 Å². The van der Waals surface area contributed by atoms with E-state index in [0.29, 0.717) is 30.7 Å². The molecule has 0 spiro atoms. The summed E-state index contributed by atoms with van der Waals surface area (Å²) in [6.07, 6.45) is 2.89. The average molecular weight is 621 g/mol. The number of carbonyl (C=O) groups is 2. The molecule has 6 rings (SSSR count). The van der Waals surface area contributed by atoms with Crippen molar-refractivity contribution in [2.45, 2.75) is 31.3 Å². The van der Waals surface area contributed by atoms with E-state index in [1.807, 2.05) is 60.7 Å². The van der Waals surface area contributed by atoms with Gasteiger partial charge in [0.2, 0.25) is 5.91 Å². The zero-order valence-electron chi connectivity index (χ0n) is 21.9. The van der Waals surface area contributed by atoms with Crippen molar-refractivity contribution >= 4 is 74.6 Å². The van der Waals surface area contributed by atoms with E-state index in [-0.39, 0.29) is 34.5 Å². The molecule has 41 heavy (non-hydrogen) atoms. The van der Waals surface area contributed by atoms with Crippen molar-refractivity contribution in [3.8, 4) is 11.4 Å². The number of para-hydroxylation sites is 2. The van der Waals surface area contributed by atoms with E-state index in [9.17, 15) is 14.4 Å². The van der Waals surface area contributed by atoms with Gasteiger partial charge in [-0.2, -0.15) is 0 Å². The van der Waals surface area contributed by atoms with Crippen LogP contribution in [0, 0.1) is 3.95 Å². The van der Waals surface area contributed by atoms with Gasteiger partial charge in [0, 0.05) is 10.6 Å². The molecule has 12 heteroatoms. The molecule has 1 amide bonds. The first-order valence-corrected chi connectivity index (χ1v) is 16.0. The number of carbonyl (C=O) groups excluding carboxylic acids is 2. The number of thioether (sulfide) groups is 1. The Hall–Kier alpha value is -3.58. The van der Waals surface area contributed by atoms with E-state index < -0.39 is 5.97 Å². The second-order valence-electron chi connectivity index (χ2n) is 9.18. The minimum Gasteiger partial charge on any atom is -0.462 e. The van der Waals surface area contributed by atoms with E-state index >= 15 is 0 Å². The molecule has 0 aliphatic heterocycles. The van der Waals surface area contributed by atoms with Gasteiger partial charge in [-0.3, -0.25) is 18.7 Å². The first kappa shape index (κ1) is 27.6. The number of amides is 1. The Kier molecular flexibility index (Phi) is 7.89. The first-order valence-electron chi connectivity index (χ1n) is 13.0. The smallest absolute Gasteiger partial charge is 0.352 e. The molecule has 208 valence electrons. The number of rotatable bonds is 8. The van der Waals surface area contributed by atoms with Gasteiger partial charge in [-0.1, -0.05) is 59.5 Å². The number of thiazole rings is 1. The lowest BCUT2D eigenvalue weighted by molar-refractivity contribution is -0.113. The number of nitrogens with one attached hydrogen (secondary N) is 1. The van der Waals surface area contributed by atoms with Gasteiger partial charge in [0.05, 0.1) is 23.4 Å². The standard InChI is InChI=1S/C29H24N4O4S4/c1-2-37-27(36)23-24(32(29(38)41-23)17-10-5-3-6-11-17)30-21(34)16-39-28-31-25-22(19-14-9-15-20(19)40-25)26(35)33(28)18-12-7-4-8-13-18/h3-8,10-13H,2,9,14-16H2,1H3,(H,30,34). The number of benzene rings is 2. The van der Waals surface area contributed by atoms with Crippen molar-refractivity contribution < 1.29 is 14.3 Å². The topological polar surface area (TPSA) is 95.2 Å². The third-order valence-electron chi connectivity index (χ3n) is 6.60. The number of aryl methyl sites for hydroxylation is 2. The van der Waals surface area contributed by atoms with Crippen molar-refractivity contribution in [1.82, 2.24) is 14.1 Å². The van der Waals surface area contributed by atoms with Gasteiger partial charge in [-0.25, -0.2) is 9.78 Å². The Morgan fingerprint density at radius 2 is 1.71 bits per heavy atom. The maximum Gasteiger partial charge on any atom is 0.352 e. The van der Waals surface area contributed by atoms with Gasteiger partial charge in [0.1, 0.15) is 10.6 Å². The van der Waals surface area contributed by atoms with Crippen LogP contribution < -0.4 is 10.9 Å². The summed E-state index contributed by atoms with van der Waals surface area (Å²) >= 11 is 9.38. The highest BCUT2D eigenvalue weighted by molar-refractivity contribution is 7.99. The van der Waals surface area contributed by atoms with Crippen molar-refractivity contribution in [2.75, 3.05) is 17.7 Å². The summed E-state index contributed by atoms with van der Waals surface area (Å²) < 4.78 is 8.89. The normalized spacial score (nSPS) is 12.4. The number of ether oxygens (including phenoxy) is 1. The highest BCUT2D eigenvalue weighted by Gasteiger charge is 2.26. The first-order chi connectivity index (χ1) is 20.0. The molecule has 1 N–H and O–H groups in total. The minimum atomic E-state index is -0.558. The number of hydrogen-bond donors (Lipinski definition) is 1. The maximum absolute atomic E-state index is 13.8. The predicted molar refractivity (Wildman–Crippen MR) is 167 cm³/mol. The second-order valence-corrected chi connectivity index (χ2v) is 12.9. The largest absolute Gasteiger partial charge is 0.462 e. The molecule has 0 radical (unpaired) electrons. The highest BCUT2D eigenvalue weighted by atomic mass is 32.2. The van der Waals surface area contributed by atoms with E-state index in [0.717, 1.165) is 36.2 Å². The molecule has 0 saturated carbocycles. The maximum atomic E-state index is 13.8. The molecule has 0 bridgehead atoms. The van der Waals surface area contributed by atoms with Crippen LogP contribution in [-0.4, -0.2) is 38.4 Å². The quantitative estimate of drug-likeness (QED) is 0.0925. The monoisotopic (exact) mass is 620 g/mol. The van der Waals surface area contributed by atoms with Gasteiger partial charge in [0.25, 0.3) is 5.56 Å². The lowest BCUT2D eigenvalue weighted by Gasteiger charge is -2.14. The number of fused-ring (bicyclic) bond motifs is 3. The zero-order chi connectivity index (χ0) is 28.5. The van der Waals surface area contributed by atoms with E-state index in [1.165, 1.54) is 16.6 Å². The Morgan fingerprint density at radius 3 is 2.39 bits per heavy atom. The Balaban J connectivity index is 1.35. The summed E-state index contributed by atoms with van der Waals surface area (Å²) in [6, 6.07) is 18.6. The molecule has 5 aromatic rings. The SMILES string of the molecule is CCOC(=O)c1sc(=S)n(-c2ccccc2)c1NC(=O)CSc1nc2sc3c(c2c(=O)n1-c1ccccc1)CCC3. The molecule has 0 atom stereocenters. The van der Waals surface area contributed by atoms with Crippen LogP contribution in [0.5, 0.6) is 0 Å². The molecular formula is C29H24N4O4S4. The van der Waals surface area contributed by atoms with Crippen LogP contribution in [0.15, 0.2) is 70.6 Å². The minimum absolute atomic E-state index is 0.0461. The van der Waals surface area contributed by atoms with Crippen LogP contribution in [0.25, 0.3) is 21.6 Å². The van der Waals surface area contributed by atoms with Gasteiger partial charge in [-0.15, -0.1) is 11.3 Å². The van der Waals surface area contributed by atoms with Crippen LogP contribution in [-0.2, 0) is 22.4 Å². The van der Waals surface area contributed by atoms with Crippen LogP contribution in [0.2, 0.25) is 0 Å². The summed E-state index contributed by atoms with van der Waals surface area (Å²) in [5, 5.41) is 3.99. The van der Waals surface area contributed by atoms with Crippen molar-refractivity contribution in [3.63, 3.8) is 0 Å². The lowest BCUT2D eigenvalue weighted by Crippen LogP contribution is -2.23. The van der Waals surface area contributed by atoms with Gasteiger partial charge < -0.3 is 10.1 Å². The lowest BCUT2D eigenvalue weighted by atomic mass is 10.2. The summed E-state index contributed by atoms with van der Waals surface area (Å²) in [5.41, 5.74) is 2.38. The molecular weight excluding hydrogens is 597 g/mol. The Morgan fingerprint density at radius 1 is 1.02 bits per heavy atom. The second kappa shape index (κ2) is 11.7.